The first-order chi connectivity index (χ1) is 17.4. The minimum atomic E-state index is -0.744. The predicted molar refractivity (Wildman–Crippen MR) is 131 cm³/mol. The van der Waals surface area contributed by atoms with Crippen molar-refractivity contribution in [2.75, 3.05) is 18.7 Å². The van der Waals surface area contributed by atoms with Crippen LogP contribution in [0.15, 0.2) is 58.7 Å². The van der Waals surface area contributed by atoms with Crippen molar-refractivity contribution in [2.24, 2.45) is 0 Å². The molecule has 1 aliphatic rings. The number of halogens is 1. The molecule has 9 nitrogen and oxygen atoms in total. The Hall–Kier alpha value is -4.51. The summed E-state index contributed by atoms with van der Waals surface area (Å²) in [6.45, 7) is 1.88. The number of esters is 1. The molecular formula is C25H18FN3O6S. The lowest BCUT2D eigenvalue weighted by Gasteiger charge is -2.09. The van der Waals surface area contributed by atoms with E-state index in [4.69, 9.17) is 14.2 Å². The van der Waals surface area contributed by atoms with E-state index in [1.165, 1.54) is 24.3 Å². The van der Waals surface area contributed by atoms with Crippen LogP contribution in [0.2, 0.25) is 0 Å². The number of rotatable bonds is 6. The van der Waals surface area contributed by atoms with Crippen LogP contribution >= 0.6 is 11.3 Å². The van der Waals surface area contributed by atoms with Crippen molar-refractivity contribution in [1.82, 2.24) is 9.78 Å². The number of amides is 1. The van der Waals surface area contributed by atoms with Gasteiger partial charge in [-0.2, -0.15) is 9.78 Å². The summed E-state index contributed by atoms with van der Waals surface area (Å²) in [5, 5.41) is 8.89. The number of benzene rings is 2. The summed E-state index contributed by atoms with van der Waals surface area (Å²) >= 11 is 1.06. The number of carbonyl (C=O) groups is 2. The number of fused-ring (bicyclic) bond motifs is 2. The highest BCUT2D eigenvalue weighted by molar-refractivity contribution is 7.16. The standard InChI is InChI=1S/C25H18FN3O6S/c1-2-33-25(32)22-17-12-36-23(21(17)24(31)29(28-22)16-5-3-4-15(26)11-16)27-20(30)9-7-14-6-8-18-19(10-14)35-13-34-18/h3-12H,2,13H2,1H3,(H,27,30)/b9-7+. The Morgan fingerprint density at radius 2 is 2.06 bits per heavy atom. The Kier molecular flexibility index (Phi) is 6.21. The summed E-state index contributed by atoms with van der Waals surface area (Å²) in [7, 11) is 0. The highest BCUT2D eigenvalue weighted by Crippen LogP contribution is 2.33. The van der Waals surface area contributed by atoms with Crippen molar-refractivity contribution in [3.63, 3.8) is 0 Å². The molecule has 1 N–H and O–H groups in total. The van der Waals surface area contributed by atoms with Crippen molar-refractivity contribution in [3.8, 4) is 17.2 Å². The fourth-order valence-electron chi connectivity index (χ4n) is 3.62. The number of anilines is 1. The maximum absolute atomic E-state index is 13.9. The second-order valence-corrected chi connectivity index (χ2v) is 8.43. The lowest BCUT2D eigenvalue weighted by atomic mass is 10.2. The van der Waals surface area contributed by atoms with Gasteiger partial charge in [0.25, 0.3) is 5.56 Å². The number of ether oxygens (including phenoxy) is 3. The molecule has 0 bridgehead atoms. The quantitative estimate of drug-likeness (QED) is 0.309. The van der Waals surface area contributed by atoms with Crippen LogP contribution in [0.5, 0.6) is 11.5 Å². The zero-order chi connectivity index (χ0) is 25.2. The van der Waals surface area contributed by atoms with Crippen molar-refractivity contribution in [3.05, 3.63) is 81.3 Å². The average molecular weight is 507 g/mol. The molecule has 182 valence electrons. The van der Waals surface area contributed by atoms with Crippen LogP contribution in [-0.2, 0) is 9.53 Å². The molecule has 1 aliphatic heterocycles. The zero-order valence-corrected chi connectivity index (χ0v) is 19.6. The highest BCUT2D eigenvalue weighted by atomic mass is 32.1. The Morgan fingerprint density at radius 1 is 1.22 bits per heavy atom. The van der Waals surface area contributed by atoms with E-state index < -0.39 is 23.3 Å². The topological polar surface area (TPSA) is 109 Å². The van der Waals surface area contributed by atoms with E-state index >= 15 is 0 Å². The monoisotopic (exact) mass is 507 g/mol. The fourth-order valence-corrected chi connectivity index (χ4v) is 4.56. The molecular weight excluding hydrogens is 489 g/mol. The van der Waals surface area contributed by atoms with Crippen molar-refractivity contribution < 1.29 is 28.2 Å². The second kappa shape index (κ2) is 9.62. The molecule has 11 heteroatoms. The summed E-state index contributed by atoms with van der Waals surface area (Å²) in [6.07, 6.45) is 2.89. The molecule has 0 saturated heterocycles. The van der Waals surface area contributed by atoms with Gasteiger partial charge in [0.15, 0.2) is 17.2 Å². The summed E-state index contributed by atoms with van der Waals surface area (Å²) in [6, 6.07) is 10.5. The van der Waals surface area contributed by atoms with Gasteiger partial charge in [0, 0.05) is 16.8 Å². The van der Waals surface area contributed by atoms with Gasteiger partial charge in [-0.05, 0) is 48.9 Å². The lowest BCUT2D eigenvalue weighted by Crippen LogP contribution is -2.25. The van der Waals surface area contributed by atoms with Crippen LogP contribution in [0.3, 0.4) is 0 Å². The van der Waals surface area contributed by atoms with E-state index in [-0.39, 0.29) is 40.6 Å². The first-order valence-corrected chi connectivity index (χ1v) is 11.7. The molecule has 4 aromatic rings. The van der Waals surface area contributed by atoms with Crippen LogP contribution in [0.4, 0.5) is 9.39 Å². The Bertz CT molecular complexity index is 1590. The first-order valence-electron chi connectivity index (χ1n) is 10.8. The first kappa shape index (κ1) is 23.2. The molecule has 1 amide bonds. The molecule has 0 radical (unpaired) electrons. The third-order valence-electron chi connectivity index (χ3n) is 5.23. The van der Waals surface area contributed by atoms with Gasteiger partial charge in [-0.1, -0.05) is 12.1 Å². The zero-order valence-electron chi connectivity index (χ0n) is 18.8. The van der Waals surface area contributed by atoms with Gasteiger partial charge in [0.05, 0.1) is 17.7 Å². The van der Waals surface area contributed by atoms with Gasteiger partial charge in [-0.3, -0.25) is 9.59 Å². The molecule has 0 aliphatic carbocycles. The number of hydrogen-bond donors (Lipinski definition) is 1. The molecule has 0 saturated carbocycles. The highest BCUT2D eigenvalue weighted by Gasteiger charge is 2.23. The van der Waals surface area contributed by atoms with Gasteiger partial charge < -0.3 is 19.5 Å². The minimum Gasteiger partial charge on any atom is -0.461 e. The predicted octanol–water partition coefficient (Wildman–Crippen LogP) is 4.14. The normalized spacial score (nSPS) is 12.3. The molecule has 36 heavy (non-hydrogen) atoms. The van der Waals surface area contributed by atoms with E-state index in [9.17, 15) is 18.8 Å². The molecule has 0 unspecified atom stereocenters. The Morgan fingerprint density at radius 3 is 2.86 bits per heavy atom. The van der Waals surface area contributed by atoms with Crippen molar-refractivity contribution in [2.45, 2.75) is 6.92 Å². The van der Waals surface area contributed by atoms with Crippen molar-refractivity contribution in [1.29, 1.82) is 0 Å². The van der Waals surface area contributed by atoms with Gasteiger partial charge in [0.2, 0.25) is 12.7 Å². The molecule has 0 atom stereocenters. The summed E-state index contributed by atoms with van der Waals surface area (Å²) < 4.78 is 30.5. The molecule has 2 aromatic carbocycles. The summed E-state index contributed by atoms with van der Waals surface area (Å²) in [5.41, 5.74) is 0.0923. The molecule has 3 heterocycles. The number of carbonyl (C=O) groups excluding carboxylic acids is 2. The van der Waals surface area contributed by atoms with Crippen molar-refractivity contribution >= 4 is 45.1 Å². The third-order valence-corrected chi connectivity index (χ3v) is 6.13. The Balaban J connectivity index is 1.52. The lowest BCUT2D eigenvalue weighted by molar-refractivity contribution is -0.111. The van der Waals surface area contributed by atoms with E-state index in [2.05, 4.69) is 10.4 Å². The average Bonchev–Trinajstić information content (AvgIpc) is 3.50. The van der Waals surface area contributed by atoms with E-state index in [0.29, 0.717) is 17.1 Å². The van der Waals surface area contributed by atoms with E-state index in [0.717, 1.165) is 22.1 Å². The SMILES string of the molecule is CCOC(=O)c1nn(-c2cccc(F)c2)c(=O)c2c(NC(=O)/C=C/c3ccc4c(c3)OCO4)scc12. The molecule has 2 aromatic heterocycles. The van der Waals surface area contributed by atoms with Crippen LogP contribution in [0.1, 0.15) is 23.0 Å². The van der Waals surface area contributed by atoms with Gasteiger partial charge in [0.1, 0.15) is 10.8 Å². The largest absolute Gasteiger partial charge is 0.461 e. The van der Waals surface area contributed by atoms with E-state index in [1.54, 1.807) is 36.6 Å². The Labute approximate surface area is 207 Å². The van der Waals surface area contributed by atoms with Crippen LogP contribution in [0.25, 0.3) is 22.5 Å². The summed E-state index contributed by atoms with van der Waals surface area (Å²) in [4.78, 5) is 38.6. The van der Waals surface area contributed by atoms with Crippen LogP contribution in [-0.4, -0.2) is 35.1 Å². The van der Waals surface area contributed by atoms with Gasteiger partial charge in [-0.25, -0.2) is 9.18 Å². The molecule has 5 rings (SSSR count). The second-order valence-electron chi connectivity index (χ2n) is 7.55. The fraction of sp³-hybridized carbons (Fsp3) is 0.120. The van der Waals surface area contributed by atoms with Gasteiger partial charge in [-0.15, -0.1) is 11.3 Å². The smallest absolute Gasteiger partial charge is 0.359 e. The number of nitrogens with zero attached hydrogens (tertiary/aromatic N) is 2. The number of hydrogen-bond acceptors (Lipinski definition) is 8. The maximum Gasteiger partial charge on any atom is 0.359 e. The summed E-state index contributed by atoms with van der Waals surface area (Å²) in [5.74, 6) is -0.610. The maximum atomic E-state index is 13.9. The number of aromatic nitrogens is 2. The van der Waals surface area contributed by atoms with Crippen LogP contribution < -0.4 is 20.3 Å². The molecule has 0 spiro atoms. The van der Waals surface area contributed by atoms with Gasteiger partial charge >= 0.3 is 5.97 Å². The van der Waals surface area contributed by atoms with E-state index in [1.807, 2.05) is 0 Å². The number of thiophene rings is 1. The van der Waals surface area contributed by atoms with Crippen LogP contribution in [0, 0.1) is 5.82 Å². The molecule has 0 fully saturated rings. The number of nitrogens with one attached hydrogen (secondary N) is 1. The minimum absolute atomic E-state index is 0.0622. The third kappa shape index (κ3) is 4.43.